The lowest BCUT2D eigenvalue weighted by molar-refractivity contribution is -0.110. The molecule has 0 amide bonds. The average molecular weight is 356 g/mol. The maximum absolute atomic E-state index is 13.1. The van der Waals surface area contributed by atoms with Crippen LogP contribution in [0, 0.1) is 0 Å². The first-order valence-corrected chi connectivity index (χ1v) is 9.56. The maximum atomic E-state index is 13.1. The van der Waals surface area contributed by atoms with Gasteiger partial charge in [0.25, 0.3) is 0 Å². The van der Waals surface area contributed by atoms with Crippen LogP contribution in [0.5, 0.6) is 11.5 Å². The van der Waals surface area contributed by atoms with E-state index in [2.05, 4.69) is 0 Å². The van der Waals surface area contributed by atoms with E-state index >= 15 is 0 Å². The quantitative estimate of drug-likeness (QED) is 0.795. The van der Waals surface area contributed by atoms with Gasteiger partial charge in [0.2, 0.25) is 10.0 Å². The van der Waals surface area contributed by atoms with Crippen LogP contribution in [0.15, 0.2) is 18.2 Å². The molecule has 2 aliphatic heterocycles. The largest absolute Gasteiger partial charge is 0.497 e. The molecule has 7 nitrogen and oxygen atoms in total. The van der Waals surface area contributed by atoms with Gasteiger partial charge in [-0.2, -0.15) is 5.06 Å². The molecule has 2 saturated heterocycles. The molecule has 2 atom stereocenters. The summed E-state index contributed by atoms with van der Waals surface area (Å²) in [5.74, 6) is 1.28. The second kappa shape index (κ2) is 6.87. The Morgan fingerprint density at radius 3 is 2.50 bits per heavy atom. The van der Waals surface area contributed by atoms with Crippen molar-refractivity contribution in [3.63, 3.8) is 0 Å². The van der Waals surface area contributed by atoms with Crippen LogP contribution in [0.4, 0.5) is 0 Å². The minimum absolute atomic E-state index is 0.139. The predicted octanol–water partition coefficient (Wildman–Crippen LogP) is 1.42. The summed E-state index contributed by atoms with van der Waals surface area (Å²) < 4.78 is 38.5. The number of ether oxygens (including phenoxy) is 2. The van der Waals surface area contributed by atoms with Crippen LogP contribution < -0.4 is 9.47 Å². The van der Waals surface area contributed by atoms with Crippen LogP contribution in [0.25, 0.3) is 0 Å². The van der Waals surface area contributed by atoms with Crippen LogP contribution in [0.2, 0.25) is 0 Å². The van der Waals surface area contributed by atoms with Crippen molar-refractivity contribution in [1.82, 2.24) is 9.37 Å². The van der Waals surface area contributed by atoms with E-state index < -0.39 is 21.3 Å². The van der Waals surface area contributed by atoms with E-state index in [1.54, 1.807) is 42.8 Å². The molecule has 1 aromatic rings. The van der Waals surface area contributed by atoms with Crippen LogP contribution in [0.1, 0.15) is 24.4 Å². The Morgan fingerprint density at radius 1 is 1.17 bits per heavy atom. The molecule has 0 spiro atoms. The Labute approximate surface area is 143 Å². The van der Waals surface area contributed by atoms with Gasteiger partial charge < -0.3 is 9.47 Å². The normalized spacial score (nSPS) is 26.0. The van der Waals surface area contributed by atoms with Crippen molar-refractivity contribution in [2.24, 2.45) is 0 Å². The Kier molecular flexibility index (Phi) is 5.00. The van der Waals surface area contributed by atoms with E-state index in [4.69, 9.17) is 14.3 Å². The summed E-state index contributed by atoms with van der Waals surface area (Å²) in [6.07, 6.45) is 1.82. The van der Waals surface area contributed by atoms with E-state index in [9.17, 15) is 8.42 Å². The number of rotatable bonds is 5. The SMILES string of the molecule is COc1ccc(OC)c(C2C(S(=O)(=O)N3CCCC3)CON2C)c1. The number of hydrogen-bond acceptors (Lipinski definition) is 6. The summed E-state index contributed by atoms with van der Waals surface area (Å²) in [5.41, 5.74) is 0.754. The molecule has 24 heavy (non-hydrogen) atoms. The zero-order valence-electron chi connectivity index (χ0n) is 14.3. The summed E-state index contributed by atoms with van der Waals surface area (Å²) in [6, 6.07) is 4.96. The highest BCUT2D eigenvalue weighted by Gasteiger charge is 2.47. The molecule has 0 N–H and O–H groups in total. The lowest BCUT2D eigenvalue weighted by Gasteiger charge is -2.27. The minimum atomic E-state index is -3.44. The minimum Gasteiger partial charge on any atom is -0.497 e. The third-order valence-electron chi connectivity index (χ3n) is 4.75. The Morgan fingerprint density at radius 2 is 1.88 bits per heavy atom. The van der Waals surface area contributed by atoms with Crippen LogP contribution >= 0.6 is 0 Å². The first-order valence-electron chi connectivity index (χ1n) is 8.05. The maximum Gasteiger partial charge on any atom is 0.221 e. The fraction of sp³-hybridized carbons (Fsp3) is 0.625. The Balaban J connectivity index is 2.01. The van der Waals surface area contributed by atoms with Gasteiger partial charge in [0.05, 0.1) is 26.9 Å². The number of methoxy groups -OCH3 is 2. The van der Waals surface area contributed by atoms with Gasteiger partial charge in [-0.25, -0.2) is 12.7 Å². The first-order chi connectivity index (χ1) is 11.5. The van der Waals surface area contributed by atoms with E-state index in [-0.39, 0.29) is 6.61 Å². The van der Waals surface area contributed by atoms with Crippen molar-refractivity contribution < 1.29 is 22.7 Å². The summed E-state index contributed by atoms with van der Waals surface area (Å²) >= 11 is 0. The summed E-state index contributed by atoms with van der Waals surface area (Å²) in [6.45, 7) is 1.31. The van der Waals surface area contributed by atoms with Gasteiger partial charge in [-0.1, -0.05) is 0 Å². The monoisotopic (exact) mass is 356 g/mol. The van der Waals surface area contributed by atoms with E-state index in [1.807, 2.05) is 6.07 Å². The molecule has 0 radical (unpaired) electrons. The van der Waals surface area contributed by atoms with Crippen molar-refractivity contribution in [3.05, 3.63) is 23.8 Å². The van der Waals surface area contributed by atoms with Crippen molar-refractivity contribution in [1.29, 1.82) is 0 Å². The molecule has 0 aromatic heterocycles. The number of nitrogens with zero attached hydrogens (tertiary/aromatic N) is 2. The third-order valence-corrected chi connectivity index (χ3v) is 6.99. The van der Waals surface area contributed by atoms with Gasteiger partial charge in [0, 0.05) is 25.7 Å². The van der Waals surface area contributed by atoms with Gasteiger partial charge in [-0.05, 0) is 31.0 Å². The van der Waals surface area contributed by atoms with Gasteiger partial charge in [-0.3, -0.25) is 4.84 Å². The number of hydroxylamine groups is 2. The topological polar surface area (TPSA) is 68.3 Å². The highest BCUT2D eigenvalue weighted by Crippen LogP contribution is 2.41. The highest BCUT2D eigenvalue weighted by atomic mass is 32.2. The molecule has 3 rings (SSSR count). The molecule has 2 heterocycles. The second-order valence-corrected chi connectivity index (χ2v) is 8.24. The molecular formula is C16H24N2O5S. The molecule has 2 fully saturated rings. The smallest absolute Gasteiger partial charge is 0.221 e. The number of sulfonamides is 1. The summed E-state index contributed by atoms with van der Waals surface area (Å²) in [5, 5.41) is 0.942. The Bertz CT molecular complexity index is 688. The van der Waals surface area contributed by atoms with Gasteiger partial charge >= 0.3 is 0 Å². The molecule has 0 aliphatic carbocycles. The summed E-state index contributed by atoms with van der Waals surface area (Å²) in [4.78, 5) is 5.58. The number of benzene rings is 1. The number of hydrogen-bond donors (Lipinski definition) is 0. The van der Waals surface area contributed by atoms with Gasteiger partial charge in [-0.15, -0.1) is 0 Å². The molecular weight excluding hydrogens is 332 g/mol. The lowest BCUT2D eigenvalue weighted by atomic mass is 10.0. The third kappa shape index (κ3) is 2.99. The second-order valence-electron chi connectivity index (χ2n) is 6.08. The predicted molar refractivity (Wildman–Crippen MR) is 89.5 cm³/mol. The van der Waals surface area contributed by atoms with E-state index in [1.165, 1.54) is 0 Å². The van der Waals surface area contributed by atoms with Crippen molar-refractivity contribution in [3.8, 4) is 11.5 Å². The molecule has 2 aliphatic rings. The van der Waals surface area contributed by atoms with Crippen LogP contribution in [-0.2, 0) is 14.9 Å². The van der Waals surface area contributed by atoms with Gasteiger partial charge in [0.1, 0.15) is 16.7 Å². The molecule has 134 valence electrons. The molecule has 0 saturated carbocycles. The molecule has 0 bridgehead atoms. The lowest BCUT2D eigenvalue weighted by Crippen LogP contribution is -2.41. The molecule has 2 unspecified atom stereocenters. The van der Waals surface area contributed by atoms with Crippen LogP contribution in [-0.4, -0.2) is 64.0 Å². The van der Waals surface area contributed by atoms with Crippen LogP contribution in [0.3, 0.4) is 0 Å². The zero-order chi connectivity index (χ0) is 17.3. The highest BCUT2D eigenvalue weighted by molar-refractivity contribution is 7.89. The van der Waals surface area contributed by atoms with Crippen molar-refractivity contribution in [2.45, 2.75) is 24.1 Å². The Hall–Kier alpha value is -1.35. The fourth-order valence-corrected chi connectivity index (χ4v) is 5.47. The van der Waals surface area contributed by atoms with Crippen molar-refractivity contribution >= 4 is 10.0 Å². The standard InChI is InChI=1S/C16H24N2O5S/c1-17-16(13-10-12(21-2)6-7-14(13)22-3)15(11-23-17)24(19,20)18-8-4-5-9-18/h6-7,10,15-16H,4-5,8-9,11H2,1-3H3. The zero-order valence-corrected chi connectivity index (χ0v) is 15.1. The average Bonchev–Trinajstić information content (AvgIpc) is 3.24. The summed E-state index contributed by atoms with van der Waals surface area (Å²) in [7, 11) is 1.47. The van der Waals surface area contributed by atoms with E-state index in [0.29, 0.717) is 24.6 Å². The molecule has 1 aromatic carbocycles. The van der Waals surface area contributed by atoms with Gasteiger partial charge in [0.15, 0.2) is 0 Å². The van der Waals surface area contributed by atoms with E-state index in [0.717, 1.165) is 18.4 Å². The first kappa shape index (κ1) is 17.5. The molecule has 8 heteroatoms. The van der Waals surface area contributed by atoms with Crippen molar-refractivity contribution in [2.75, 3.05) is 41.0 Å². The fourth-order valence-electron chi connectivity index (χ4n) is 3.45.